The molecule has 7 heteroatoms. The predicted octanol–water partition coefficient (Wildman–Crippen LogP) is 2.91. The number of hydrogen-bond acceptors (Lipinski definition) is 4. The maximum atomic E-state index is 12.2. The van der Waals surface area contributed by atoms with Crippen LogP contribution in [0.4, 0.5) is 11.4 Å². The lowest BCUT2D eigenvalue weighted by molar-refractivity contribution is -0.114. The highest BCUT2D eigenvalue weighted by atomic mass is 32.1. The summed E-state index contributed by atoms with van der Waals surface area (Å²) in [4.78, 5) is 29.4. The van der Waals surface area contributed by atoms with Gasteiger partial charge in [0, 0.05) is 35.6 Å². The van der Waals surface area contributed by atoms with Crippen LogP contribution < -0.4 is 10.6 Å². The van der Waals surface area contributed by atoms with Crippen LogP contribution in [0.2, 0.25) is 0 Å². The van der Waals surface area contributed by atoms with Crippen molar-refractivity contribution < 1.29 is 9.59 Å². The number of amides is 2. The molecule has 112 valence electrons. The molecule has 0 fully saturated rings. The van der Waals surface area contributed by atoms with Crippen molar-refractivity contribution >= 4 is 39.5 Å². The Morgan fingerprint density at radius 1 is 1.09 bits per heavy atom. The summed E-state index contributed by atoms with van der Waals surface area (Å²) in [5.74, 6) is -0.397. The molecule has 0 radical (unpaired) electrons. The molecular weight excluding hydrogens is 300 g/mol. The molecule has 0 saturated heterocycles. The third-order valence-electron chi connectivity index (χ3n) is 2.97. The average molecular weight is 314 g/mol. The van der Waals surface area contributed by atoms with E-state index in [1.54, 1.807) is 30.5 Å². The molecule has 3 aromatic rings. The molecule has 0 atom stereocenters. The van der Waals surface area contributed by atoms with Crippen molar-refractivity contribution in [2.24, 2.45) is 0 Å². The molecule has 6 nitrogen and oxygen atoms in total. The lowest BCUT2D eigenvalue weighted by Gasteiger charge is -2.05. The Labute approximate surface area is 130 Å². The summed E-state index contributed by atoms with van der Waals surface area (Å²) in [6.07, 6.45) is 3.64. The fourth-order valence-corrected chi connectivity index (χ4v) is 2.86. The van der Waals surface area contributed by atoms with Crippen molar-refractivity contribution in [3.8, 4) is 0 Å². The van der Waals surface area contributed by atoms with Crippen LogP contribution in [-0.4, -0.2) is 21.2 Å². The van der Waals surface area contributed by atoms with Crippen LogP contribution in [0.5, 0.6) is 0 Å². The average Bonchev–Trinajstić information content (AvgIpc) is 2.97. The van der Waals surface area contributed by atoms with Gasteiger partial charge in [-0.3, -0.25) is 14.0 Å². The van der Waals surface area contributed by atoms with Gasteiger partial charge in [0.2, 0.25) is 5.91 Å². The molecular formula is C15H14N4O2S. The molecule has 0 spiro atoms. The Bertz CT molecular complexity index is 817. The Hall–Kier alpha value is -2.67. The lowest BCUT2D eigenvalue weighted by atomic mass is 10.2. The summed E-state index contributed by atoms with van der Waals surface area (Å²) in [5.41, 5.74) is 1.70. The van der Waals surface area contributed by atoms with Crippen molar-refractivity contribution in [1.29, 1.82) is 0 Å². The summed E-state index contributed by atoms with van der Waals surface area (Å²) in [5, 5.41) is 5.45. The summed E-state index contributed by atoms with van der Waals surface area (Å²) in [6.45, 7) is 3.44. The summed E-state index contributed by atoms with van der Waals surface area (Å²) in [7, 11) is 0. The van der Waals surface area contributed by atoms with Gasteiger partial charge >= 0.3 is 0 Å². The third kappa shape index (κ3) is 2.99. The van der Waals surface area contributed by atoms with Crippen molar-refractivity contribution in [2.45, 2.75) is 13.8 Å². The van der Waals surface area contributed by atoms with Gasteiger partial charge in [0.15, 0.2) is 4.96 Å². The quantitative estimate of drug-likeness (QED) is 0.780. The SMILES string of the molecule is CC(=O)Nc1ccc(NC(=O)c2cn3cc(C)sc3n2)cc1. The Kier molecular flexibility index (Phi) is 3.64. The monoisotopic (exact) mass is 314 g/mol. The second-order valence-corrected chi connectivity index (χ2v) is 6.08. The van der Waals surface area contributed by atoms with Gasteiger partial charge in [-0.2, -0.15) is 0 Å². The van der Waals surface area contributed by atoms with E-state index in [0.29, 0.717) is 17.1 Å². The number of imidazole rings is 1. The number of carbonyl (C=O) groups excluding carboxylic acids is 2. The minimum atomic E-state index is -0.263. The normalized spacial score (nSPS) is 10.6. The Morgan fingerprint density at radius 3 is 2.32 bits per heavy atom. The Morgan fingerprint density at radius 2 is 1.73 bits per heavy atom. The molecule has 2 N–H and O–H groups in total. The largest absolute Gasteiger partial charge is 0.326 e. The molecule has 0 aliphatic carbocycles. The maximum absolute atomic E-state index is 12.2. The number of rotatable bonds is 3. The van der Waals surface area contributed by atoms with Crippen LogP contribution in [0, 0.1) is 6.92 Å². The van der Waals surface area contributed by atoms with E-state index in [4.69, 9.17) is 0 Å². The van der Waals surface area contributed by atoms with Gasteiger partial charge in [-0.1, -0.05) is 0 Å². The van der Waals surface area contributed by atoms with Crippen LogP contribution >= 0.6 is 11.3 Å². The zero-order valence-electron chi connectivity index (χ0n) is 12.1. The number of nitrogens with one attached hydrogen (secondary N) is 2. The van der Waals surface area contributed by atoms with Crippen molar-refractivity contribution in [3.05, 3.63) is 47.2 Å². The molecule has 0 aliphatic heterocycles. The van der Waals surface area contributed by atoms with Gasteiger partial charge in [-0.05, 0) is 31.2 Å². The number of carbonyl (C=O) groups is 2. The van der Waals surface area contributed by atoms with Gasteiger partial charge < -0.3 is 10.6 Å². The van der Waals surface area contributed by atoms with E-state index in [9.17, 15) is 9.59 Å². The number of aryl methyl sites for hydroxylation is 1. The molecule has 1 aromatic carbocycles. The first-order valence-corrected chi connectivity index (χ1v) is 7.47. The van der Waals surface area contributed by atoms with E-state index < -0.39 is 0 Å². The second-order valence-electron chi connectivity index (χ2n) is 4.87. The topological polar surface area (TPSA) is 75.5 Å². The van der Waals surface area contributed by atoms with Crippen LogP contribution in [0.15, 0.2) is 36.7 Å². The molecule has 3 rings (SSSR count). The second kappa shape index (κ2) is 5.61. The van der Waals surface area contributed by atoms with Gasteiger partial charge in [0.1, 0.15) is 5.69 Å². The van der Waals surface area contributed by atoms with Crippen LogP contribution in [0.3, 0.4) is 0 Å². The Balaban J connectivity index is 1.72. The van der Waals surface area contributed by atoms with E-state index in [1.165, 1.54) is 18.3 Å². The fraction of sp³-hybridized carbons (Fsp3) is 0.133. The first-order chi connectivity index (χ1) is 10.5. The van der Waals surface area contributed by atoms with Crippen molar-refractivity contribution in [3.63, 3.8) is 0 Å². The highest BCUT2D eigenvalue weighted by molar-refractivity contribution is 7.17. The number of fused-ring (bicyclic) bond motifs is 1. The minimum absolute atomic E-state index is 0.134. The number of nitrogens with zero attached hydrogens (tertiary/aromatic N) is 2. The summed E-state index contributed by atoms with van der Waals surface area (Å²) in [6, 6.07) is 6.91. The molecule has 0 unspecified atom stereocenters. The molecule has 0 aliphatic rings. The number of thiazole rings is 1. The molecule has 0 bridgehead atoms. The van der Waals surface area contributed by atoms with E-state index in [-0.39, 0.29) is 11.8 Å². The van der Waals surface area contributed by atoms with Crippen molar-refractivity contribution in [1.82, 2.24) is 9.38 Å². The van der Waals surface area contributed by atoms with Crippen LogP contribution in [-0.2, 0) is 4.79 Å². The molecule has 22 heavy (non-hydrogen) atoms. The fourth-order valence-electron chi connectivity index (χ4n) is 2.06. The van der Waals surface area contributed by atoms with Crippen molar-refractivity contribution in [2.75, 3.05) is 10.6 Å². The number of anilines is 2. The molecule has 2 heterocycles. The standard InChI is InChI=1S/C15H14N4O2S/c1-9-7-19-8-13(18-15(19)22-9)14(21)17-12-5-3-11(4-6-12)16-10(2)20/h3-8H,1-2H3,(H,16,20)(H,17,21). The van der Waals surface area contributed by atoms with E-state index in [2.05, 4.69) is 15.6 Å². The van der Waals surface area contributed by atoms with E-state index in [0.717, 1.165) is 9.84 Å². The van der Waals surface area contributed by atoms with Gasteiger partial charge in [0.05, 0.1) is 0 Å². The lowest BCUT2D eigenvalue weighted by Crippen LogP contribution is -2.12. The van der Waals surface area contributed by atoms with E-state index in [1.807, 2.05) is 17.5 Å². The summed E-state index contributed by atoms with van der Waals surface area (Å²) < 4.78 is 1.84. The number of benzene rings is 1. The highest BCUT2D eigenvalue weighted by Crippen LogP contribution is 2.18. The highest BCUT2D eigenvalue weighted by Gasteiger charge is 2.12. The van der Waals surface area contributed by atoms with Crippen LogP contribution in [0.1, 0.15) is 22.3 Å². The number of aromatic nitrogens is 2. The van der Waals surface area contributed by atoms with Crippen LogP contribution in [0.25, 0.3) is 4.96 Å². The zero-order valence-corrected chi connectivity index (χ0v) is 12.9. The molecule has 2 amide bonds. The predicted molar refractivity (Wildman–Crippen MR) is 86.5 cm³/mol. The summed E-state index contributed by atoms with van der Waals surface area (Å²) >= 11 is 1.54. The third-order valence-corrected chi connectivity index (χ3v) is 3.88. The first-order valence-electron chi connectivity index (χ1n) is 6.65. The zero-order chi connectivity index (χ0) is 15.7. The maximum Gasteiger partial charge on any atom is 0.275 e. The molecule has 0 saturated carbocycles. The van der Waals surface area contributed by atoms with E-state index >= 15 is 0 Å². The molecule has 2 aromatic heterocycles. The minimum Gasteiger partial charge on any atom is -0.326 e. The van der Waals surface area contributed by atoms with Gasteiger partial charge in [-0.15, -0.1) is 11.3 Å². The number of hydrogen-bond donors (Lipinski definition) is 2. The smallest absolute Gasteiger partial charge is 0.275 e. The van der Waals surface area contributed by atoms with Gasteiger partial charge in [0.25, 0.3) is 5.91 Å². The van der Waals surface area contributed by atoms with Gasteiger partial charge in [-0.25, -0.2) is 4.98 Å². The first kappa shape index (κ1) is 14.3.